The minimum absolute atomic E-state index is 0.117. The number of benzene rings is 3. The molecule has 2 amide bonds. The van der Waals surface area contributed by atoms with E-state index in [9.17, 15) is 9.59 Å². The number of carbonyl (C=O) groups excluding carboxylic acids is 2. The van der Waals surface area contributed by atoms with E-state index in [1.807, 2.05) is 54.6 Å². The van der Waals surface area contributed by atoms with E-state index in [2.05, 4.69) is 21.2 Å². The molecule has 200 valence electrons. The van der Waals surface area contributed by atoms with Crippen molar-refractivity contribution in [3.8, 4) is 11.5 Å². The summed E-state index contributed by atoms with van der Waals surface area (Å²) in [7, 11) is 1.60. The minimum atomic E-state index is -0.676. The zero-order valence-electron chi connectivity index (χ0n) is 21.8. The van der Waals surface area contributed by atoms with E-state index in [1.165, 1.54) is 6.42 Å². The molecule has 0 bridgehead atoms. The Hall–Kier alpha value is -3.32. The summed E-state index contributed by atoms with van der Waals surface area (Å²) in [4.78, 5) is 29.2. The lowest BCUT2D eigenvalue weighted by atomic mass is 9.94. The van der Waals surface area contributed by atoms with Crippen molar-refractivity contribution in [2.24, 2.45) is 0 Å². The number of amides is 2. The van der Waals surface area contributed by atoms with Crippen LogP contribution >= 0.6 is 15.9 Å². The van der Waals surface area contributed by atoms with Crippen LogP contribution in [-0.4, -0.2) is 42.5 Å². The van der Waals surface area contributed by atoms with Gasteiger partial charge in [-0.05, 0) is 60.4 Å². The molecule has 1 atom stereocenters. The van der Waals surface area contributed by atoms with Crippen LogP contribution in [0.25, 0.3) is 0 Å². The number of nitrogens with one attached hydrogen (secondary N) is 1. The normalized spacial score (nSPS) is 14.4. The molecule has 1 N–H and O–H groups in total. The van der Waals surface area contributed by atoms with Crippen molar-refractivity contribution < 1.29 is 19.1 Å². The molecule has 0 spiro atoms. The van der Waals surface area contributed by atoms with Gasteiger partial charge in [-0.3, -0.25) is 9.59 Å². The van der Waals surface area contributed by atoms with Gasteiger partial charge in [0.2, 0.25) is 5.91 Å². The molecule has 0 heterocycles. The van der Waals surface area contributed by atoms with Gasteiger partial charge < -0.3 is 19.7 Å². The fourth-order valence-corrected chi connectivity index (χ4v) is 5.28. The maximum absolute atomic E-state index is 13.8. The van der Waals surface area contributed by atoms with Crippen LogP contribution < -0.4 is 14.8 Å². The van der Waals surface area contributed by atoms with Crippen LogP contribution in [0.3, 0.4) is 0 Å². The monoisotopic (exact) mass is 578 g/mol. The molecule has 1 fully saturated rings. The highest BCUT2D eigenvalue weighted by atomic mass is 79.9. The van der Waals surface area contributed by atoms with E-state index in [1.54, 1.807) is 36.3 Å². The van der Waals surface area contributed by atoms with E-state index in [0.29, 0.717) is 24.5 Å². The number of hydrogen-bond donors (Lipinski definition) is 1. The first-order valence-electron chi connectivity index (χ1n) is 13.2. The van der Waals surface area contributed by atoms with Crippen LogP contribution in [0.4, 0.5) is 0 Å². The first-order chi connectivity index (χ1) is 18.5. The predicted molar refractivity (Wildman–Crippen MR) is 152 cm³/mol. The van der Waals surface area contributed by atoms with Crippen molar-refractivity contribution in [2.45, 2.75) is 57.2 Å². The first-order valence-corrected chi connectivity index (χ1v) is 14.0. The van der Waals surface area contributed by atoms with E-state index in [-0.39, 0.29) is 24.5 Å². The maximum Gasteiger partial charge on any atom is 0.261 e. The SMILES string of the molecule is COc1ccc(OCC(=O)N(Cc2cccc(Br)c2)[C@H](Cc2ccccc2)C(=O)NC2CCCCC2)cc1. The summed E-state index contributed by atoms with van der Waals surface area (Å²) in [5, 5.41) is 3.26. The molecular formula is C31H35BrN2O4. The number of ether oxygens (including phenoxy) is 2. The zero-order valence-corrected chi connectivity index (χ0v) is 23.4. The number of halogens is 1. The van der Waals surface area contributed by atoms with Crippen LogP contribution in [-0.2, 0) is 22.6 Å². The van der Waals surface area contributed by atoms with Gasteiger partial charge in [-0.1, -0.05) is 77.7 Å². The van der Waals surface area contributed by atoms with Gasteiger partial charge in [0.25, 0.3) is 5.91 Å². The Balaban J connectivity index is 1.59. The standard InChI is InChI=1S/C31H35BrN2O4/c1-37-27-15-17-28(18-16-27)38-22-30(35)34(21-24-11-8-12-25(32)19-24)29(20-23-9-4-2-5-10-23)31(36)33-26-13-6-3-7-14-26/h2,4-5,8-12,15-19,26,29H,3,6-7,13-14,20-22H2,1H3,(H,33,36)/t29-/m1/s1. The highest BCUT2D eigenvalue weighted by molar-refractivity contribution is 9.10. The fourth-order valence-electron chi connectivity index (χ4n) is 4.83. The second kappa shape index (κ2) is 14.0. The molecule has 0 saturated heterocycles. The van der Waals surface area contributed by atoms with Gasteiger partial charge in [-0.15, -0.1) is 0 Å². The third kappa shape index (κ3) is 8.09. The largest absolute Gasteiger partial charge is 0.497 e. The summed E-state index contributed by atoms with van der Waals surface area (Å²) in [6, 6.07) is 24.3. The predicted octanol–water partition coefficient (Wildman–Crippen LogP) is 5.93. The van der Waals surface area contributed by atoms with Crippen LogP contribution in [0, 0.1) is 0 Å². The van der Waals surface area contributed by atoms with Crippen molar-refractivity contribution in [2.75, 3.05) is 13.7 Å². The molecule has 0 radical (unpaired) electrons. The number of hydrogen-bond acceptors (Lipinski definition) is 4. The van der Waals surface area contributed by atoms with E-state index in [4.69, 9.17) is 9.47 Å². The lowest BCUT2D eigenvalue weighted by molar-refractivity contribution is -0.143. The van der Waals surface area contributed by atoms with Crippen LogP contribution in [0.5, 0.6) is 11.5 Å². The van der Waals surface area contributed by atoms with Gasteiger partial charge in [0.15, 0.2) is 6.61 Å². The molecule has 7 heteroatoms. The smallest absolute Gasteiger partial charge is 0.261 e. The number of methoxy groups -OCH3 is 1. The van der Waals surface area contributed by atoms with Gasteiger partial charge >= 0.3 is 0 Å². The maximum atomic E-state index is 13.8. The second-order valence-corrected chi connectivity index (χ2v) is 10.6. The summed E-state index contributed by atoms with van der Waals surface area (Å²) < 4.78 is 12.0. The number of carbonyl (C=O) groups is 2. The highest BCUT2D eigenvalue weighted by Crippen LogP contribution is 2.22. The third-order valence-electron chi connectivity index (χ3n) is 6.89. The summed E-state index contributed by atoms with van der Waals surface area (Å²) in [6.07, 6.45) is 5.81. The Morgan fingerprint density at radius 3 is 2.29 bits per heavy atom. The van der Waals surface area contributed by atoms with Gasteiger partial charge in [0.05, 0.1) is 7.11 Å². The molecule has 3 aromatic carbocycles. The van der Waals surface area contributed by atoms with Crippen molar-refractivity contribution in [3.63, 3.8) is 0 Å². The topological polar surface area (TPSA) is 67.9 Å². The molecular weight excluding hydrogens is 544 g/mol. The van der Waals surface area contributed by atoms with E-state index < -0.39 is 6.04 Å². The Kier molecular flexibility index (Phi) is 10.2. The number of nitrogens with zero attached hydrogens (tertiary/aromatic N) is 1. The summed E-state index contributed by atoms with van der Waals surface area (Å²) in [5.74, 6) is 0.907. The van der Waals surface area contributed by atoms with E-state index >= 15 is 0 Å². The number of rotatable bonds is 11. The fraction of sp³-hybridized carbons (Fsp3) is 0.355. The average molecular weight is 580 g/mol. The van der Waals surface area contributed by atoms with Crippen LogP contribution in [0.1, 0.15) is 43.2 Å². The quantitative estimate of drug-likeness (QED) is 0.306. The summed E-state index contributed by atoms with van der Waals surface area (Å²) in [6.45, 7) is 0.113. The molecule has 0 aromatic heterocycles. The molecule has 1 saturated carbocycles. The summed E-state index contributed by atoms with van der Waals surface area (Å²) in [5.41, 5.74) is 1.93. The average Bonchev–Trinajstić information content (AvgIpc) is 2.95. The van der Waals surface area contributed by atoms with Crippen molar-refractivity contribution in [1.29, 1.82) is 0 Å². The lowest BCUT2D eigenvalue weighted by Gasteiger charge is -2.33. The highest BCUT2D eigenvalue weighted by Gasteiger charge is 2.32. The van der Waals surface area contributed by atoms with Crippen LogP contribution in [0.15, 0.2) is 83.3 Å². The minimum Gasteiger partial charge on any atom is -0.497 e. The van der Waals surface area contributed by atoms with Crippen molar-refractivity contribution in [1.82, 2.24) is 10.2 Å². The Morgan fingerprint density at radius 2 is 1.61 bits per heavy atom. The van der Waals surface area contributed by atoms with Gasteiger partial charge in [-0.25, -0.2) is 0 Å². The van der Waals surface area contributed by atoms with E-state index in [0.717, 1.165) is 41.3 Å². The van der Waals surface area contributed by atoms with Crippen molar-refractivity contribution in [3.05, 3.63) is 94.5 Å². The molecule has 38 heavy (non-hydrogen) atoms. The Labute approximate surface area is 233 Å². The Bertz CT molecular complexity index is 1180. The summed E-state index contributed by atoms with van der Waals surface area (Å²) >= 11 is 3.53. The lowest BCUT2D eigenvalue weighted by Crippen LogP contribution is -2.53. The van der Waals surface area contributed by atoms with Crippen molar-refractivity contribution >= 4 is 27.7 Å². The zero-order chi connectivity index (χ0) is 26.7. The third-order valence-corrected chi connectivity index (χ3v) is 7.38. The molecule has 6 nitrogen and oxygen atoms in total. The molecule has 0 aliphatic heterocycles. The second-order valence-electron chi connectivity index (χ2n) is 9.66. The van der Waals surface area contributed by atoms with Crippen LogP contribution in [0.2, 0.25) is 0 Å². The molecule has 3 aromatic rings. The van der Waals surface area contributed by atoms with Gasteiger partial charge in [-0.2, -0.15) is 0 Å². The first kappa shape index (κ1) is 27.7. The molecule has 1 aliphatic rings. The Morgan fingerprint density at radius 1 is 0.921 bits per heavy atom. The molecule has 4 rings (SSSR count). The molecule has 1 aliphatic carbocycles. The van der Waals surface area contributed by atoms with Gasteiger partial charge in [0, 0.05) is 23.5 Å². The molecule has 0 unspecified atom stereocenters. The van der Waals surface area contributed by atoms with Gasteiger partial charge in [0.1, 0.15) is 17.5 Å².